The molecule has 0 atom stereocenters. The normalized spacial score (nSPS) is 18.5. The van der Waals surface area contributed by atoms with Gasteiger partial charge >= 0.3 is 6.03 Å². The molecule has 1 heterocycles. The zero-order valence-electron chi connectivity index (χ0n) is 10.5. The molecule has 0 radical (unpaired) electrons. The van der Waals surface area contributed by atoms with Gasteiger partial charge in [0.15, 0.2) is 0 Å². The summed E-state index contributed by atoms with van der Waals surface area (Å²) >= 11 is 0. The Balaban J connectivity index is 2.54. The predicted molar refractivity (Wildman–Crippen MR) is 64.8 cm³/mol. The minimum atomic E-state index is -3.35. The zero-order valence-corrected chi connectivity index (χ0v) is 11.3. The fourth-order valence-electron chi connectivity index (χ4n) is 1.62. The van der Waals surface area contributed by atoms with Gasteiger partial charge in [0.05, 0.1) is 0 Å². The summed E-state index contributed by atoms with van der Waals surface area (Å²) in [7, 11) is -0.342. The molecule has 1 fully saturated rings. The highest BCUT2D eigenvalue weighted by molar-refractivity contribution is 7.86. The van der Waals surface area contributed by atoms with Crippen molar-refractivity contribution in [1.82, 2.24) is 18.8 Å². The molecular weight excluding hydrogens is 244 g/mol. The van der Waals surface area contributed by atoms with E-state index in [9.17, 15) is 13.2 Å². The van der Waals surface area contributed by atoms with Crippen LogP contribution in [0, 0.1) is 0 Å². The molecule has 8 heteroatoms. The van der Waals surface area contributed by atoms with Gasteiger partial charge in [0.25, 0.3) is 10.2 Å². The number of rotatable bonds is 3. The standard InChI is InChI=1S/C9H20N4O3S/c1-4-10-9(14)12-5-7-13(8-6-12)17(15,16)11(2)3/h4-8H2,1-3H3,(H,10,14). The number of nitrogens with one attached hydrogen (secondary N) is 1. The summed E-state index contributed by atoms with van der Waals surface area (Å²) in [5.74, 6) is 0. The largest absolute Gasteiger partial charge is 0.338 e. The van der Waals surface area contributed by atoms with Crippen molar-refractivity contribution in [2.24, 2.45) is 0 Å². The van der Waals surface area contributed by atoms with Crippen molar-refractivity contribution in [3.63, 3.8) is 0 Å². The van der Waals surface area contributed by atoms with E-state index in [1.165, 1.54) is 22.7 Å². The first-order valence-electron chi connectivity index (χ1n) is 5.60. The summed E-state index contributed by atoms with van der Waals surface area (Å²) in [6.45, 7) is 3.98. The molecule has 1 N–H and O–H groups in total. The summed E-state index contributed by atoms with van der Waals surface area (Å²) in [5, 5.41) is 2.70. The molecule has 1 saturated heterocycles. The molecule has 0 bridgehead atoms. The smallest absolute Gasteiger partial charge is 0.317 e. The molecule has 0 aromatic heterocycles. The summed E-state index contributed by atoms with van der Waals surface area (Å²) in [5.41, 5.74) is 0. The summed E-state index contributed by atoms with van der Waals surface area (Å²) in [4.78, 5) is 13.2. The Bertz CT molecular complexity index is 360. The molecule has 1 rings (SSSR count). The minimum Gasteiger partial charge on any atom is -0.338 e. The fraction of sp³-hybridized carbons (Fsp3) is 0.889. The molecular formula is C9H20N4O3S. The lowest BCUT2D eigenvalue weighted by molar-refractivity contribution is 0.171. The predicted octanol–water partition coefficient (Wildman–Crippen LogP) is -0.860. The van der Waals surface area contributed by atoms with Crippen LogP contribution >= 0.6 is 0 Å². The molecule has 0 aromatic rings. The topological polar surface area (TPSA) is 73.0 Å². The van der Waals surface area contributed by atoms with Crippen LogP contribution in [0.1, 0.15) is 6.92 Å². The van der Waals surface area contributed by atoms with Gasteiger partial charge < -0.3 is 10.2 Å². The first kappa shape index (κ1) is 14.2. The first-order chi connectivity index (χ1) is 7.89. The van der Waals surface area contributed by atoms with Crippen LogP contribution in [-0.2, 0) is 10.2 Å². The quantitative estimate of drug-likeness (QED) is 0.721. The summed E-state index contributed by atoms with van der Waals surface area (Å²) < 4.78 is 26.2. The van der Waals surface area contributed by atoms with E-state index in [2.05, 4.69) is 5.32 Å². The molecule has 0 unspecified atom stereocenters. The van der Waals surface area contributed by atoms with Gasteiger partial charge in [-0.1, -0.05) is 0 Å². The van der Waals surface area contributed by atoms with E-state index in [1.807, 2.05) is 6.92 Å². The van der Waals surface area contributed by atoms with E-state index < -0.39 is 10.2 Å². The molecule has 100 valence electrons. The monoisotopic (exact) mass is 264 g/mol. The molecule has 0 aliphatic carbocycles. The van der Waals surface area contributed by atoms with Crippen molar-refractivity contribution in [2.75, 3.05) is 46.8 Å². The Morgan fingerprint density at radius 2 is 1.76 bits per heavy atom. The van der Waals surface area contributed by atoms with Crippen LogP contribution < -0.4 is 5.32 Å². The van der Waals surface area contributed by atoms with E-state index in [-0.39, 0.29) is 6.03 Å². The van der Waals surface area contributed by atoms with Crippen LogP contribution in [0.3, 0.4) is 0 Å². The van der Waals surface area contributed by atoms with Crippen molar-refractivity contribution in [2.45, 2.75) is 6.92 Å². The van der Waals surface area contributed by atoms with Gasteiger partial charge in [-0.3, -0.25) is 0 Å². The van der Waals surface area contributed by atoms with E-state index >= 15 is 0 Å². The van der Waals surface area contributed by atoms with Crippen LogP contribution in [0.2, 0.25) is 0 Å². The Morgan fingerprint density at radius 1 is 1.24 bits per heavy atom. The highest BCUT2D eigenvalue weighted by Crippen LogP contribution is 2.09. The third kappa shape index (κ3) is 3.30. The Morgan fingerprint density at radius 3 is 2.18 bits per heavy atom. The van der Waals surface area contributed by atoms with E-state index in [0.29, 0.717) is 32.7 Å². The lowest BCUT2D eigenvalue weighted by Gasteiger charge is -2.34. The number of urea groups is 1. The highest BCUT2D eigenvalue weighted by atomic mass is 32.2. The average Bonchev–Trinajstić information content (AvgIpc) is 2.29. The summed E-state index contributed by atoms with van der Waals surface area (Å²) in [6.07, 6.45) is 0. The van der Waals surface area contributed by atoms with Gasteiger partial charge in [0.2, 0.25) is 0 Å². The fourth-order valence-corrected chi connectivity index (χ4v) is 2.70. The van der Waals surface area contributed by atoms with E-state index in [1.54, 1.807) is 4.90 Å². The van der Waals surface area contributed by atoms with Gasteiger partial charge in [-0.2, -0.15) is 17.0 Å². The Kier molecular flexibility index (Phi) is 4.72. The van der Waals surface area contributed by atoms with Crippen molar-refractivity contribution in [3.8, 4) is 0 Å². The van der Waals surface area contributed by atoms with Gasteiger partial charge in [0.1, 0.15) is 0 Å². The highest BCUT2D eigenvalue weighted by Gasteiger charge is 2.29. The number of nitrogens with zero attached hydrogens (tertiary/aromatic N) is 3. The minimum absolute atomic E-state index is 0.130. The lowest BCUT2D eigenvalue weighted by Crippen LogP contribution is -2.54. The third-order valence-electron chi connectivity index (χ3n) is 2.64. The molecule has 1 aliphatic heterocycles. The van der Waals surface area contributed by atoms with Crippen molar-refractivity contribution in [3.05, 3.63) is 0 Å². The Hall–Kier alpha value is -0.860. The van der Waals surface area contributed by atoms with E-state index in [4.69, 9.17) is 0 Å². The van der Waals surface area contributed by atoms with Crippen molar-refractivity contribution in [1.29, 1.82) is 0 Å². The molecule has 0 aromatic carbocycles. The molecule has 7 nitrogen and oxygen atoms in total. The van der Waals surface area contributed by atoms with Crippen LogP contribution in [-0.4, -0.2) is 74.8 Å². The molecule has 0 saturated carbocycles. The second-order valence-electron chi connectivity index (χ2n) is 4.01. The third-order valence-corrected chi connectivity index (χ3v) is 4.58. The van der Waals surface area contributed by atoms with Gasteiger partial charge in [-0.15, -0.1) is 0 Å². The van der Waals surface area contributed by atoms with Crippen LogP contribution in [0.5, 0.6) is 0 Å². The maximum Gasteiger partial charge on any atom is 0.317 e. The second kappa shape index (κ2) is 5.65. The maximum atomic E-state index is 11.8. The second-order valence-corrected chi connectivity index (χ2v) is 6.15. The van der Waals surface area contributed by atoms with Crippen LogP contribution in [0.15, 0.2) is 0 Å². The van der Waals surface area contributed by atoms with Gasteiger partial charge in [-0.05, 0) is 6.92 Å². The zero-order chi connectivity index (χ0) is 13.1. The van der Waals surface area contributed by atoms with Gasteiger partial charge in [-0.25, -0.2) is 4.79 Å². The summed E-state index contributed by atoms with van der Waals surface area (Å²) in [6, 6.07) is -0.130. The van der Waals surface area contributed by atoms with Crippen molar-refractivity contribution >= 4 is 16.2 Å². The Labute approximate surface area is 103 Å². The number of hydrogen-bond donors (Lipinski definition) is 1. The molecule has 2 amide bonds. The number of piperazine rings is 1. The molecule has 1 aliphatic rings. The van der Waals surface area contributed by atoms with Crippen LogP contribution in [0.4, 0.5) is 4.79 Å². The van der Waals surface area contributed by atoms with Crippen LogP contribution in [0.25, 0.3) is 0 Å². The number of carbonyl (C=O) groups is 1. The first-order valence-corrected chi connectivity index (χ1v) is 6.99. The SMILES string of the molecule is CCNC(=O)N1CCN(S(=O)(=O)N(C)C)CC1. The average molecular weight is 264 g/mol. The number of hydrogen-bond acceptors (Lipinski definition) is 3. The molecule has 0 spiro atoms. The lowest BCUT2D eigenvalue weighted by atomic mass is 10.4. The number of carbonyl (C=O) groups excluding carboxylic acids is 1. The van der Waals surface area contributed by atoms with E-state index in [0.717, 1.165) is 0 Å². The maximum absolute atomic E-state index is 11.8. The molecule has 17 heavy (non-hydrogen) atoms. The van der Waals surface area contributed by atoms with Gasteiger partial charge in [0, 0.05) is 46.8 Å². The van der Waals surface area contributed by atoms with Crippen molar-refractivity contribution < 1.29 is 13.2 Å². The number of amides is 2.